The van der Waals surface area contributed by atoms with Gasteiger partial charge in [0.2, 0.25) is 0 Å². The number of hydrogen-bond acceptors (Lipinski definition) is 6. The van der Waals surface area contributed by atoms with Crippen LogP contribution in [0.5, 0.6) is 0 Å². The maximum absolute atomic E-state index is 13.3. The van der Waals surface area contributed by atoms with Crippen molar-refractivity contribution in [2.45, 2.75) is 64.7 Å². The van der Waals surface area contributed by atoms with Gasteiger partial charge in [0.05, 0.1) is 7.11 Å². The summed E-state index contributed by atoms with van der Waals surface area (Å²) in [6.45, 7) is 10.1. The van der Waals surface area contributed by atoms with E-state index >= 15 is 0 Å². The van der Waals surface area contributed by atoms with E-state index in [0.29, 0.717) is 0 Å². The number of methoxy groups -OCH3 is 1. The molecule has 3 rings (SSSR count). The zero-order valence-corrected chi connectivity index (χ0v) is 22.0. The standard InChI is InChI=1S/C29H35NO6/c1-27(2,3)35-25(32)30(26(33)36-28(4,5)6)29(24(31)34-7)19-22(29)18-23(20-14-10-8-11-15-20)21-16-12-9-13-17-21/h8-18,22H,19H2,1-7H3/t22-,29+/m1/s1. The fourth-order valence-corrected chi connectivity index (χ4v) is 4.04. The molecule has 0 unspecified atom stereocenters. The number of carbonyl (C=O) groups excluding carboxylic acids is 3. The van der Waals surface area contributed by atoms with Crippen LogP contribution in [0.3, 0.4) is 0 Å². The molecule has 1 saturated carbocycles. The lowest BCUT2D eigenvalue weighted by Gasteiger charge is -2.33. The predicted molar refractivity (Wildman–Crippen MR) is 137 cm³/mol. The summed E-state index contributed by atoms with van der Waals surface area (Å²) in [6, 6.07) is 19.5. The van der Waals surface area contributed by atoms with Gasteiger partial charge >= 0.3 is 18.2 Å². The molecule has 7 nitrogen and oxygen atoms in total. The van der Waals surface area contributed by atoms with Gasteiger partial charge in [0, 0.05) is 5.92 Å². The van der Waals surface area contributed by atoms with Crippen molar-refractivity contribution >= 4 is 23.7 Å². The van der Waals surface area contributed by atoms with Gasteiger partial charge < -0.3 is 14.2 Å². The van der Waals surface area contributed by atoms with Crippen molar-refractivity contribution in [3.05, 3.63) is 77.9 Å². The van der Waals surface area contributed by atoms with Crippen LogP contribution in [0.1, 0.15) is 59.1 Å². The van der Waals surface area contributed by atoms with Crippen LogP contribution in [0.2, 0.25) is 0 Å². The van der Waals surface area contributed by atoms with Crippen molar-refractivity contribution in [1.29, 1.82) is 0 Å². The minimum absolute atomic E-state index is 0.182. The Labute approximate surface area is 213 Å². The van der Waals surface area contributed by atoms with Crippen molar-refractivity contribution in [2.75, 3.05) is 7.11 Å². The van der Waals surface area contributed by atoms with Gasteiger partial charge in [-0.15, -0.1) is 0 Å². The molecule has 192 valence electrons. The van der Waals surface area contributed by atoms with Gasteiger partial charge in [0.25, 0.3) is 0 Å². The second-order valence-corrected chi connectivity index (χ2v) is 10.8. The van der Waals surface area contributed by atoms with E-state index in [1.54, 1.807) is 41.5 Å². The Hall–Kier alpha value is -3.61. The summed E-state index contributed by atoms with van der Waals surface area (Å²) in [5.41, 5.74) is -0.623. The first kappa shape index (κ1) is 27.0. The van der Waals surface area contributed by atoms with E-state index < -0.39 is 40.8 Å². The number of carbonyl (C=O) groups is 3. The lowest BCUT2D eigenvalue weighted by atomic mass is 9.95. The zero-order chi connectivity index (χ0) is 26.7. The Morgan fingerprint density at radius 1 is 0.806 bits per heavy atom. The average molecular weight is 494 g/mol. The van der Waals surface area contributed by atoms with Crippen molar-refractivity contribution in [3.8, 4) is 0 Å². The van der Waals surface area contributed by atoms with E-state index in [1.807, 2.05) is 66.7 Å². The fraction of sp³-hybridized carbons (Fsp3) is 0.414. The third kappa shape index (κ3) is 6.14. The Kier molecular flexibility index (Phi) is 7.62. The van der Waals surface area contributed by atoms with Crippen molar-refractivity contribution in [2.24, 2.45) is 5.92 Å². The molecule has 0 aromatic heterocycles. The molecule has 2 aromatic carbocycles. The van der Waals surface area contributed by atoms with Crippen LogP contribution < -0.4 is 0 Å². The lowest BCUT2D eigenvalue weighted by molar-refractivity contribution is -0.149. The number of hydrogen-bond donors (Lipinski definition) is 0. The molecule has 0 N–H and O–H groups in total. The molecule has 2 amide bonds. The second kappa shape index (κ2) is 10.2. The van der Waals surface area contributed by atoms with E-state index in [-0.39, 0.29) is 6.42 Å². The maximum atomic E-state index is 13.3. The maximum Gasteiger partial charge on any atom is 0.420 e. The minimum atomic E-state index is -1.59. The van der Waals surface area contributed by atoms with Crippen LogP contribution in [0.25, 0.3) is 5.57 Å². The number of nitrogens with zero attached hydrogens (tertiary/aromatic N) is 1. The van der Waals surface area contributed by atoms with Gasteiger partial charge in [0.1, 0.15) is 11.2 Å². The third-order valence-electron chi connectivity index (χ3n) is 5.61. The normalized spacial score (nSPS) is 19.0. The van der Waals surface area contributed by atoms with Crippen molar-refractivity contribution in [1.82, 2.24) is 4.90 Å². The van der Waals surface area contributed by atoms with E-state index in [2.05, 4.69) is 0 Å². The highest BCUT2D eigenvalue weighted by Gasteiger charge is 2.69. The predicted octanol–water partition coefficient (Wildman–Crippen LogP) is 6.22. The highest BCUT2D eigenvalue weighted by Crippen LogP contribution is 2.53. The van der Waals surface area contributed by atoms with E-state index in [0.717, 1.165) is 21.6 Å². The Morgan fingerprint density at radius 2 is 1.22 bits per heavy atom. The molecule has 2 atom stereocenters. The first-order valence-electron chi connectivity index (χ1n) is 12.0. The Balaban J connectivity index is 2.12. The quantitative estimate of drug-likeness (QED) is 0.363. The fourth-order valence-electron chi connectivity index (χ4n) is 4.04. The van der Waals surface area contributed by atoms with Gasteiger partial charge in [-0.25, -0.2) is 14.4 Å². The molecule has 1 aliphatic rings. The molecular formula is C29H35NO6. The number of rotatable bonds is 5. The molecule has 2 aromatic rings. The van der Waals surface area contributed by atoms with E-state index in [4.69, 9.17) is 14.2 Å². The summed E-state index contributed by atoms with van der Waals surface area (Å²) < 4.78 is 16.2. The van der Waals surface area contributed by atoms with E-state index in [1.165, 1.54) is 7.11 Å². The van der Waals surface area contributed by atoms with Crippen LogP contribution in [-0.2, 0) is 19.0 Å². The molecule has 0 bridgehead atoms. The monoisotopic (exact) mass is 493 g/mol. The Bertz CT molecular complexity index is 1060. The molecular weight excluding hydrogens is 458 g/mol. The number of amides is 2. The second-order valence-electron chi connectivity index (χ2n) is 10.8. The number of esters is 1. The van der Waals surface area contributed by atoms with Gasteiger partial charge in [-0.05, 0) is 64.7 Å². The van der Waals surface area contributed by atoms with Crippen LogP contribution in [0, 0.1) is 5.92 Å². The summed E-state index contributed by atoms with van der Waals surface area (Å²) in [6.07, 6.45) is 0.183. The van der Waals surface area contributed by atoms with Crippen LogP contribution in [0.15, 0.2) is 66.7 Å². The highest BCUT2D eigenvalue weighted by molar-refractivity contribution is 6.00. The third-order valence-corrected chi connectivity index (χ3v) is 5.61. The largest absolute Gasteiger partial charge is 0.467 e. The van der Waals surface area contributed by atoms with Crippen LogP contribution in [-0.4, -0.2) is 46.9 Å². The van der Waals surface area contributed by atoms with Gasteiger partial charge in [-0.2, -0.15) is 4.90 Å². The SMILES string of the molecule is COC(=O)[C@]1(N(C(=O)OC(C)(C)C)C(=O)OC(C)(C)C)C[C@H]1C=C(c1ccccc1)c1ccccc1. The lowest BCUT2D eigenvalue weighted by Crippen LogP contribution is -2.55. The minimum Gasteiger partial charge on any atom is -0.467 e. The summed E-state index contributed by atoms with van der Waals surface area (Å²) in [4.78, 5) is 40.7. The summed E-state index contributed by atoms with van der Waals surface area (Å²) >= 11 is 0. The first-order chi connectivity index (χ1) is 16.8. The smallest absolute Gasteiger partial charge is 0.420 e. The van der Waals surface area contributed by atoms with Crippen molar-refractivity contribution in [3.63, 3.8) is 0 Å². The number of benzene rings is 2. The van der Waals surface area contributed by atoms with Crippen LogP contribution in [0.4, 0.5) is 9.59 Å². The molecule has 1 aliphatic carbocycles. The molecule has 0 radical (unpaired) electrons. The summed E-state index contributed by atoms with van der Waals surface area (Å²) in [7, 11) is 1.24. The molecule has 7 heteroatoms. The number of ether oxygens (including phenoxy) is 3. The van der Waals surface area contributed by atoms with Gasteiger partial charge in [-0.1, -0.05) is 66.7 Å². The van der Waals surface area contributed by atoms with E-state index in [9.17, 15) is 14.4 Å². The molecule has 0 saturated heterocycles. The molecule has 0 heterocycles. The molecule has 0 aliphatic heterocycles. The highest BCUT2D eigenvalue weighted by atomic mass is 16.6. The molecule has 36 heavy (non-hydrogen) atoms. The first-order valence-corrected chi connectivity index (χ1v) is 12.0. The number of imide groups is 1. The summed E-state index contributed by atoms with van der Waals surface area (Å²) in [5.74, 6) is -1.22. The average Bonchev–Trinajstić information content (AvgIpc) is 3.49. The molecule has 1 fully saturated rings. The summed E-state index contributed by atoms with van der Waals surface area (Å²) in [5, 5.41) is 0. The van der Waals surface area contributed by atoms with Gasteiger partial charge in [-0.3, -0.25) is 0 Å². The van der Waals surface area contributed by atoms with Crippen LogP contribution >= 0.6 is 0 Å². The topological polar surface area (TPSA) is 82.1 Å². The van der Waals surface area contributed by atoms with Gasteiger partial charge in [0.15, 0.2) is 5.54 Å². The molecule has 0 spiro atoms. The zero-order valence-electron chi connectivity index (χ0n) is 22.0. The Morgan fingerprint density at radius 3 is 1.58 bits per heavy atom. The van der Waals surface area contributed by atoms with Crippen molar-refractivity contribution < 1.29 is 28.6 Å².